The molecule has 9 heteroatoms. The molecule has 1 fully saturated rings. The molecular formula is C18H25N7O2. The van der Waals surface area contributed by atoms with Crippen molar-refractivity contribution in [1.82, 2.24) is 25.1 Å². The molecule has 1 heterocycles. The highest BCUT2D eigenvalue weighted by molar-refractivity contribution is 6.00. The van der Waals surface area contributed by atoms with Gasteiger partial charge in [0.2, 0.25) is 17.8 Å². The average Bonchev–Trinajstić information content (AvgIpc) is 3.08. The fourth-order valence-corrected chi connectivity index (χ4v) is 3.78. The Morgan fingerprint density at radius 2 is 1.93 bits per heavy atom. The molecule has 144 valence electrons. The summed E-state index contributed by atoms with van der Waals surface area (Å²) in [5.74, 6) is -0.291. The van der Waals surface area contributed by atoms with Gasteiger partial charge in [0.05, 0.1) is 0 Å². The van der Waals surface area contributed by atoms with Crippen LogP contribution in [0.3, 0.4) is 0 Å². The van der Waals surface area contributed by atoms with Gasteiger partial charge in [-0.15, -0.1) is 0 Å². The molecule has 3 N–H and O–H groups in total. The molecule has 1 aromatic carbocycles. The summed E-state index contributed by atoms with van der Waals surface area (Å²) in [5, 5.41) is 13.8. The molecule has 1 aliphatic carbocycles. The van der Waals surface area contributed by atoms with Crippen molar-refractivity contribution in [3.63, 3.8) is 0 Å². The summed E-state index contributed by atoms with van der Waals surface area (Å²) in [5.41, 5.74) is 5.53. The van der Waals surface area contributed by atoms with Gasteiger partial charge in [0.1, 0.15) is 12.1 Å². The predicted molar refractivity (Wildman–Crippen MR) is 101 cm³/mol. The number of tetrazole rings is 1. The predicted octanol–water partition coefficient (Wildman–Crippen LogP) is 1.45. The third-order valence-corrected chi connectivity index (χ3v) is 5.11. The lowest BCUT2D eigenvalue weighted by atomic mass is 9.79. The number of carbonyl (C=O) groups is 2. The van der Waals surface area contributed by atoms with Crippen LogP contribution in [0.15, 0.2) is 30.3 Å². The van der Waals surface area contributed by atoms with Gasteiger partial charge in [-0.05, 0) is 42.3 Å². The number of hydrogen-bond donors (Lipinski definition) is 2. The molecular weight excluding hydrogens is 346 g/mol. The highest BCUT2D eigenvalue weighted by atomic mass is 16.2. The van der Waals surface area contributed by atoms with E-state index in [2.05, 4.69) is 20.8 Å². The van der Waals surface area contributed by atoms with Gasteiger partial charge < -0.3 is 16.0 Å². The summed E-state index contributed by atoms with van der Waals surface area (Å²) >= 11 is 0. The molecule has 0 bridgehead atoms. The number of amides is 2. The maximum Gasteiger partial charge on any atom is 0.250 e. The van der Waals surface area contributed by atoms with Crippen LogP contribution >= 0.6 is 0 Å². The molecule has 3 rings (SSSR count). The van der Waals surface area contributed by atoms with E-state index in [1.807, 2.05) is 37.3 Å². The van der Waals surface area contributed by atoms with Gasteiger partial charge in [0.15, 0.2) is 0 Å². The van der Waals surface area contributed by atoms with Gasteiger partial charge in [-0.3, -0.25) is 9.59 Å². The lowest BCUT2D eigenvalue weighted by Crippen LogP contribution is -2.60. The number of hydrogen-bond acceptors (Lipinski definition) is 6. The van der Waals surface area contributed by atoms with E-state index in [1.54, 1.807) is 4.90 Å². The fraction of sp³-hybridized carbons (Fsp3) is 0.500. The minimum absolute atomic E-state index is 0.0748. The first-order valence-electron chi connectivity index (χ1n) is 9.25. The number of nitrogens with two attached hydrogens (primary N) is 1. The highest BCUT2D eigenvalue weighted by Crippen LogP contribution is 2.35. The summed E-state index contributed by atoms with van der Waals surface area (Å²) in [4.78, 5) is 28.0. The van der Waals surface area contributed by atoms with Crippen molar-refractivity contribution in [3.8, 4) is 0 Å². The largest absolute Gasteiger partial charge is 0.367 e. The van der Waals surface area contributed by atoms with Gasteiger partial charge in [-0.25, -0.2) is 4.68 Å². The van der Waals surface area contributed by atoms with E-state index < -0.39 is 5.54 Å². The number of carbonyl (C=O) groups excluding carboxylic acids is 2. The van der Waals surface area contributed by atoms with Crippen LogP contribution in [0.1, 0.15) is 39.0 Å². The zero-order chi connectivity index (χ0) is 19.3. The first kappa shape index (κ1) is 18.8. The molecule has 0 radical (unpaired) electrons. The molecule has 9 nitrogen and oxygen atoms in total. The SMILES string of the molecule is CCN(C(=O)Cn1nnnc1N)C1(C(=O)Nc2ccccc2)CCCCC1. The van der Waals surface area contributed by atoms with E-state index in [9.17, 15) is 9.59 Å². The van der Waals surface area contributed by atoms with Crippen LogP contribution in [0.4, 0.5) is 11.6 Å². The van der Waals surface area contributed by atoms with E-state index in [0.717, 1.165) is 24.9 Å². The van der Waals surface area contributed by atoms with E-state index in [0.29, 0.717) is 19.4 Å². The van der Waals surface area contributed by atoms with Crippen LogP contribution in [-0.2, 0) is 16.1 Å². The number of rotatable bonds is 6. The van der Waals surface area contributed by atoms with Gasteiger partial charge in [0, 0.05) is 12.2 Å². The van der Waals surface area contributed by atoms with Crippen LogP contribution in [0.2, 0.25) is 0 Å². The maximum absolute atomic E-state index is 13.3. The molecule has 0 saturated heterocycles. The molecule has 27 heavy (non-hydrogen) atoms. The zero-order valence-electron chi connectivity index (χ0n) is 15.5. The average molecular weight is 371 g/mol. The minimum atomic E-state index is -0.872. The minimum Gasteiger partial charge on any atom is -0.367 e. The molecule has 1 aromatic heterocycles. The molecule has 2 aromatic rings. The third kappa shape index (κ3) is 3.91. The summed E-state index contributed by atoms with van der Waals surface area (Å²) in [6.07, 6.45) is 4.14. The van der Waals surface area contributed by atoms with Gasteiger partial charge in [-0.2, -0.15) is 0 Å². The normalized spacial score (nSPS) is 15.9. The number of nitrogens with zero attached hydrogens (tertiary/aromatic N) is 5. The van der Waals surface area contributed by atoms with Gasteiger partial charge >= 0.3 is 0 Å². The van der Waals surface area contributed by atoms with Gasteiger partial charge in [-0.1, -0.05) is 42.6 Å². The summed E-state index contributed by atoms with van der Waals surface area (Å²) < 4.78 is 1.25. The number of benzene rings is 1. The lowest BCUT2D eigenvalue weighted by Gasteiger charge is -2.44. The Hall–Kier alpha value is -2.97. The smallest absolute Gasteiger partial charge is 0.250 e. The quantitative estimate of drug-likeness (QED) is 0.793. The molecule has 0 aliphatic heterocycles. The number of para-hydroxylation sites is 1. The monoisotopic (exact) mass is 371 g/mol. The first-order valence-corrected chi connectivity index (χ1v) is 9.25. The van der Waals surface area contributed by atoms with Crippen LogP contribution in [0.25, 0.3) is 0 Å². The van der Waals surface area contributed by atoms with Crippen molar-refractivity contribution >= 4 is 23.5 Å². The van der Waals surface area contributed by atoms with Crippen molar-refractivity contribution in [1.29, 1.82) is 0 Å². The van der Waals surface area contributed by atoms with Crippen molar-refractivity contribution in [2.45, 2.75) is 51.1 Å². The van der Waals surface area contributed by atoms with E-state index in [-0.39, 0.29) is 24.3 Å². The zero-order valence-corrected chi connectivity index (χ0v) is 15.5. The molecule has 0 spiro atoms. The topological polar surface area (TPSA) is 119 Å². The number of aromatic nitrogens is 4. The van der Waals surface area contributed by atoms with Gasteiger partial charge in [0.25, 0.3) is 0 Å². The Morgan fingerprint density at radius 3 is 2.52 bits per heavy atom. The molecule has 0 atom stereocenters. The Morgan fingerprint density at radius 1 is 1.22 bits per heavy atom. The first-order chi connectivity index (χ1) is 13.1. The lowest BCUT2D eigenvalue weighted by molar-refractivity contribution is -0.148. The molecule has 2 amide bonds. The van der Waals surface area contributed by atoms with E-state index in [1.165, 1.54) is 4.68 Å². The number of likely N-dealkylation sites (N-methyl/N-ethyl adjacent to an activating group) is 1. The van der Waals surface area contributed by atoms with Crippen molar-refractivity contribution in [2.75, 3.05) is 17.6 Å². The van der Waals surface area contributed by atoms with Crippen molar-refractivity contribution < 1.29 is 9.59 Å². The molecule has 1 saturated carbocycles. The standard InChI is InChI=1S/C18H25N7O2/c1-2-24(15(26)13-25-17(19)21-22-23-25)18(11-7-4-8-12-18)16(27)20-14-9-5-3-6-10-14/h3,5-6,9-10H,2,4,7-8,11-13H2,1H3,(H,20,27)(H2,19,21,23). The van der Waals surface area contributed by atoms with Crippen LogP contribution in [0, 0.1) is 0 Å². The van der Waals surface area contributed by atoms with Crippen molar-refractivity contribution in [3.05, 3.63) is 30.3 Å². The number of nitrogen functional groups attached to an aromatic ring is 1. The Kier molecular flexibility index (Phi) is 5.68. The fourth-order valence-electron chi connectivity index (χ4n) is 3.78. The Bertz CT molecular complexity index is 784. The summed E-state index contributed by atoms with van der Waals surface area (Å²) in [6, 6.07) is 9.31. The number of anilines is 2. The Balaban J connectivity index is 1.85. The van der Waals surface area contributed by atoms with Crippen molar-refractivity contribution in [2.24, 2.45) is 0 Å². The molecule has 0 unspecified atom stereocenters. The second-order valence-corrected chi connectivity index (χ2v) is 6.75. The summed E-state index contributed by atoms with van der Waals surface area (Å²) in [7, 11) is 0. The van der Waals surface area contributed by atoms with Crippen LogP contribution in [0.5, 0.6) is 0 Å². The van der Waals surface area contributed by atoms with Crippen LogP contribution in [-0.4, -0.2) is 49.0 Å². The summed E-state index contributed by atoms with van der Waals surface area (Å²) in [6.45, 7) is 2.21. The number of nitrogens with one attached hydrogen (secondary N) is 1. The van der Waals surface area contributed by atoms with Crippen LogP contribution < -0.4 is 11.1 Å². The highest BCUT2D eigenvalue weighted by Gasteiger charge is 2.46. The third-order valence-electron chi connectivity index (χ3n) is 5.11. The second-order valence-electron chi connectivity index (χ2n) is 6.75. The van der Waals surface area contributed by atoms with E-state index in [4.69, 9.17) is 5.73 Å². The molecule has 1 aliphatic rings. The van der Waals surface area contributed by atoms with E-state index >= 15 is 0 Å². The Labute approximate surface area is 157 Å². The maximum atomic E-state index is 13.3. The second kappa shape index (κ2) is 8.15.